The Morgan fingerprint density at radius 2 is 1.81 bits per heavy atom. The van der Waals surface area contributed by atoms with E-state index in [4.69, 9.17) is 23.2 Å². The monoisotopic (exact) mass is 321 g/mol. The molecule has 1 unspecified atom stereocenters. The van der Waals surface area contributed by atoms with Crippen molar-refractivity contribution in [2.24, 2.45) is 0 Å². The Morgan fingerprint density at radius 1 is 1.05 bits per heavy atom. The summed E-state index contributed by atoms with van der Waals surface area (Å²) in [5.41, 5.74) is 4.81. The highest BCUT2D eigenvalue weighted by molar-refractivity contribution is 6.42. The van der Waals surface area contributed by atoms with Gasteiger partial charge < -0.3 is 5.32 Å². The van der Waals surface area contributed by atoms with Crippen LogP contribution in [0.15, 0.2) is 36.4 Å². The van der Waals surface area contributed by atoms with Gasteiger partial charge in [-0.15, -0.1) is 0 Å². The van der Waals surface area contributed by atoms with E-state index in [0.29, 0.717) is 10.0 Å². The third-order valence-corrected chi connectivity index (χ3v) is 4.46. The van der Waals surface area contributed by atoms with Crippen LogP contribution in [0, 0.1) is 13.8 Å². The van der Waals surface area contributed by atoms with Gasteiger partial charge in [-0.25, -0.2) is 0 Å². The van der Waals surface area contributed by atoms with Crippen molar-refractivity contribution in [1.29, 1.82) is 0 Å². The molecule has 0 aliphatic heterocycles. The molecule has 0 saturated carbocycles. The number of hydrogen-bond acceptors (Lipinski definition) is 1. The Hall–Kier alpha value is -1.02. The molecular weight excluding hydrogens is 301 g/mol. The van der Waals surface area contributed by atoms with Gasteiger partial charge >= 0.3 is 0 Å². The molecule has 0 amide bonds. The topological polar surface area (TPSA) is 12.0 Å². The first kappa shape index (κ1) is 16.4. The average Bonchev–Trinajstić information content (AvgIpc) is 2.45. The molecule has 0 spiro atoms. The predicted molar refractivity (Wildman–Crippen MR) is 92.5 cm³/mol. The molecule has 0 radical (unpaired) electrons. The van der Waals surface area contributed by atoms with Gasteiger partial charge in [0, 0.05) is 0 Å². The van der Waals surface area contributed by atoms with Gasteiger partial charge in [-0.2, -0.15) is 0 Å². The van der Waals surface area contributed by atoms with E-state index in [9.17, 15) is 0 Å². The van der Waals surface area contributed by atoms with Crippen LogP contribution in [0.25, 0.3) is 0 Å². The van der Waals surface area contributed by atoms with Crippen molar-refractivity contribution >= 4 is 23.2 Å². The zero-order valence-electron chi connectivity index (χ0n) is 12.7. The van der Waals surface area contributed by atoms with Crippen molar-refractivity contribution in [3.8, 4) is 0 Å². The lowest BCUT2D eigenvalue weighted by atomic mass is 9.93. The lowest BCUT2D eigenvalue weighted by Gasteiger charge is -2.23. The van der Waals surface area contributed by atoms with Crippen molar-refractivity contribution < 1.29 is 0 Å². The minimum Gasteiger partial charge on any atom is -0.306 e. The van der Waals surface area contributed by atoms with Crippen LogP contribution < -0.4 is 5.32 Å². The molecular formula is C18H21Cl2N. The summed E-state index contributed by atoms with van der Waals surface area (Å²) >= 11 is 12.6. The minimum atomic E-state index is 0.0664. The molecule has 0 bridgehead atoms. The highest BCUT2D eigenvalue weighted by atomic mass is 35.5. The summed E-state index contributed by atoms with van der Waals surface area (Å²) < 4.78 is 0. The molecule has 1 N–H and O–H groups in total. The lowest BCUT2D eigenvalue weighted by Crippen LogP contribution is -2.24. The zero-order valence-corrected chi connectivity index (χ0v) is 14.2. The van der Waals surface area contributed by atoms with Gasteiger partial charge in [0.25, 0.3) is 0 Å². The van der Waals surface area contributed by atoms with Crippen molar-refractivity contribution in [3.05, 3.63) is 68.7 Å². The molecule has 1 atom stereocenters. The summed E-state index contributed by atoms with van der Waals surface area (Å²) in [4.78, 5) is 0. The molecule has 112 valence electrons. The number of hydrogen-bond donors (Lipinski definition) is 1. The van der Waals surface area contributed by atoms with Crippen LogP contribution >= 0.6 is 23.2 Å². The molecule has 0 saturated heterocycles. The third kappa shape index (κ3) is 3.79. The van der Waals surface area contributed by atoms with E-state index < -0.39 is 0 Å². The van der Waals surface area contributed by atoms with Crippen LogP contribution in [0.3, 0.4) is 0 Å². The molecule has 2 rings (SSSR count). The number of halogens is 2. The van der Waals surface area contributed by atoms with Gasteiger partial charge in [0.05, 0.1) is 16.1 Å². The van der Waals surface area contributed by atoms with Crippen LogP contribution in [0.2, 0.25) is 10.0 Å². The molecule has 2 aromatic rings. The standard InChI is InChI=1S/C18H21Cl2N/c1-4-10-21-18(14-9-8-12(2)11-13(14)3)15-6-5-7-16(19)17(15)20/h5-9,11,18,21H,4,10H2,1-3H3. The maximum Gasteiger partial charge on any atom is 0.0643 e. The molecule has 3 heteroatoms. The summed E-state index contributed by atoms with van der Waals surface area (Å²) in [6.07, 6.45) is 1.07. The number of aryl methyl sites for hydroxylation is 2. The second kappa shape index (κ2) is 7.31. The molecule has 1 nitrogen and oxygen atoms in total. The van der Waals surface area contributed by atoms with Gasteiger partial charge in [0.15, 0.2) is 0 Å². The maximum absolute atomic E-state index is 6.43. The minimum absolute atomic E-state index is 0.0664. The largest absolute Gasteiger partial charge is 0.306 e. The Bertz CT molecular complexity index is 623. The Balaban J connectivity index is 2.49. The van der Waals surface area contributed by atoms with E-state index in [1.54, 1.807) is 0 Å². The summed E-state index contributed by atoms with van der Waals surface area (Å²) in [5, 5.41) is 4.82. The third-order valence-electron chi connectivity index (χ3n) is 3.63. The summed E-state index contributed by atoms with van der Waals surface area (Å²) in [6.45, 7) is 7.34. The molecule has 0 aliphatic carbocycles. The average molecular weight is 322 g/mol. The van der Waals surface area contributed by atoms with Gasteiger partial charge in [0.2, 0.25) is 0 Å². The van der Waals surface area contributed by atoms with Gasteiger partial charge in [-0.1, -0.05) is 66.0 Å². The van der Waals surface area contributed by atoms with E-state index >= 15 is 0 Å². The van der Waals surface area contributed by atoms with Crippen LogP contribution in [0.5, 0.6) is 0 Å². The fraction of sp³-hybridized carbons (Fsp3) is 0.333. The number of nitrogens with one attached hydrogen (secondary N) is 1. The van der Waals surface area contributed by atoms with Crippen molar-refractivity contribution in [2.75, 3.05) is 6.54 Å². The fourth-order valence-corrected chi connectivity index (χ4v) is 2.99. The molecule has 2 aromatic carbocycles. The van der Waals surface area contributed by atoms with E-state index in [1.165, 1.54) is 16.7 Å². The zero-order chi connectivity index (χ0) is 15.4. The van der Waals surface area contributed by atoms with Gasteiger partial charge in [-0.05, 0) is 49.6 Å². The summed E-state index contributed by atoms with van der Waals surface area (Å²) in [5.74, 6) is 0. The lowest BCUT2D eigenvalue weighted by molar-refractivity contribution is 0.596. The fourth-order valence-electron chi connectivity index (χ4n) is 2.57. The van der Waals surface area contributed by atoms with Crippen LogP contribution in [0.4, 0.5) is 0 Å². The second-order valence-electron chi connectivity index (χ2n) is 5.39. The van der Waals surface area contributed by atoms with Crippen molar-refractivity contribution in [3.63, 3.8) is 0 Å². The first-order valence-corrected chi connectivity index (χ1v) is 8.04. The predicted octanol–water partition coefficient (Wildman–Crippen LogP) is 5.70. The quantitative estimate of drug-likeness (QED) is 0.744. The highest BCUT2D eigenvalue weighted by Gasteiger charge is 2.19. The van der Waals surface area contributed by atoms with Gasteiger partial charge in [0.1, 0.15) is 0 Å². The molecule has 0 aromatic heterocycles. The van der Waals surface area contributed by atoms with E-state index in [-0.39, 0.29) is 6.04 Å². The maximum atomic E-state index is 6.43. The van der Waals surface area contributed by atoms with E-state index in [1.807, 2.05) is 18.2 Å². The highest BCUT2D eigenvalue weighted by Crippen LogP contribution is 2.34. The summed E-state index contributed by atoms with van der Waals surface area (Å²) in [7, 11) is 0. The first-order chi connectivity index (χ1) is 10.0. The molecule has 0 aliphatic rings. The molecule has 0 heterocycles. The first-order valence-electron chi connectivity index (χ1n) is 7.29. The van der Waals surface area contributed by atoms with E-state index in [2.05, 4.69) is 44.3 Å². The van der Waals surface area contributed by atoms with Crippen LogP contribution in [0.1, 0.15) is 41.6 Å². The Morgan fingerprint density at radius 3 is 2.48 bits per heavy atom. The number of rotatable bonds is 5. The Kier molecular flexibility index (Phi) is 5.69. The SMILES string of the molecule is CCCNC(c1ccc(C)cc1C)c1cccc(Cl)c1Cl. The van der Waals surface area contributed by atoms with E-state index in [0.717, 1.165) is 18.5 Å². The Labute approximate surface area is 137 Å². The molecule has 21 heavy (non-hydrogen) atoms. The van der Waals surface area contributed by atoms with Gasteiger partial charge in [-0.3, -0.25) is 0 Å². The van der Waals surface area contributed by atoms with Crippen LogP contribution in [-0.4, -0.2) is 6.54 Å². The number of benzene rings is 2. The van der Waals surface area contributed by atoms with Crippen molar-refractivity contribution in [1.82, 2.24) is 5.32 Å². The molecule has 0 fully saturated rings. The van der Waals surface area contributed by atoms with Crippen LogP contribution in [-0.2, 0) is 0 Å². The normalized spacial score (nSPS) is 12.4. The smallest absolute Gasteiger partial charge is 0.0643 e. The summed E-state index contributed by atoms with van der Waals surface area (Å²) in [6, 6.07) is 12.4. The second-order valence-corrected chi connectivity index (χ2v) is 6.18. The van der Waals surface area contributed by atoms with Crippen molar-refractivity contribution in [2.45, 2.75) is 33.2 Å².